The number of hydrogen-bond donors (Lipinski definition) is 0. The third-order valence-electron chi connectivity index (χ3n) is 10.1. The van der Waals surface area contributed by atoms with Crippen LogP contribution in [0, 0.1) is 37.5 Å². The maximum Gasteiger partial charge on any atom is 0.0798 e. The Bertz CT molecular complexity index is 2720. The van der Waals surface area contributed by atoms with E-state index in [9.17, 15) is 0 Å². The van der Waals surface area contributed by atoms with Crippen LogP contribution in [0.15, 0.2) is 126 Å². The molecule has 0 unspecified atom stereocenters. The molecule has 8 aromatic rings. The summed E-state index contributed by atoms with van der Waals surface area (Å²) in [4.78, 5) is 9.73. The minimum absolute atomic E-state index is 0. The van der Waals surface area contributed by atoms with E-state index in [1.165, 1.54) is 33.0 Å². The SMILES string of the molecule is CC(C)(C)Cc1cc(-c2[c-]cccc2)ncc1[Si](C)(C)C.[2H]C([2H])(c1ccc2c(-c3nc4ccccc4n3-c3cc(C)c(-c4ccccc4)c(C)c3)[c-]oc2c1)C(C)C.[Ir]. The number of nitrogens with zero attached hydrogens (tertiary/aromatic N) is 3. The van der Waals surface area contributed by atoms with Gasteiger partial charge < -0.3 is 14.0 Å². The first-order valence-corrected chi connectivity index (χ1v) is 23.5. The van der Waals surface area contributed by atoms with Crippen LogP contribution in [-0.4, -0.2) is 22.6 Å². The summed E-state index contributed by atoms with van der Waals surface area (Å²) in [5.41, 5.74) is 13.6. The third-order valence-corrected chi connectivity index (χ3v) is 12.2. The fourth-order valence-corrected chi connectivity index (χ4v) is 9.31. The van der Waals surface area contributed by atoms with E-state index in [-0.39, 0.29) is 31.4 Å². The van der Waals surface area contributed by atoms with Crippen LogP contribution >= 0.6 is 0 Å². The molecule has 4 nitrogen and oxygen atoms in total. The Hall–Kier alpha value is -4.87. The van der Waals surface area contributed by atoms with E-state index in [0.717, 1.165) is 51.2 Å². The van der Waals surface area contributed by atoms with Gasteiger partial charge in [0.05, 0.1) is 24.9 Å². The van der Waals surface area contributed by atoms with Gasteiger partial charge in [0.25, 0.3) is 0 Å². The molecule has 0 amide bonds. The van der Waals surface area contributed by atoms with Crippen LogP contribution in [0.25, 0.3) is 61.5 Å². The van der Waals surface area contributed by atoms with Gasteiger partial charge in [-0.25, -0.2) is 0 Å². The average Bonchev–Trinajstić information content (AvgIpc) is 3.79. The number of imidazole rings is 1. The zero-order chi connectivity index (χ0) is 42.3. The van der Waals surface area contributed by atoms with Gasteiger partial charge in [-0.05, 0) is 95.4 Å². The van der Waals surface area contributed by atoms with Gasteiger partial charge in [-0.3, -0.25) is 4.98 Å². The van der Waals surface area contributed by atoms with Crippen LogP contribution in [0.5, 0.6) is 0 Å². The van der Waals surface area contributed by atoms with Crippen molar-refractivity contribution in [1.29, 1.82) is 0 Å². The van der Waals surface area contributed by atoms with E-state index < -0.39 is 14.4 Å². The minimum Gasteiger partial charge on any atom is -0.557 e. The summed E-state index contributed by atoms with van der Waals surface area (Å²) in [5, 5.41) is 2.34. The van der Waals surface area contributed by atoms with Crippen molar-refractivity contribution in [2.75, 3.05) is 0 Å². The quantitative estimate of drug-likeness (QED) is 0.113. The first-order chi connectivity index (χ1) is 27.9. The molecule has 0 aliphatic carbocycles. The third kappa shape index (κ3) is 9.53. The summed E-state index contributed by atoms with van der Waals surface area (Å²) in [7, 11) is -1.37. The van der Waals surface area contributed by atoms with Crippen molar-refractivity contribution < 1.29 is 27.3 Å². The largest absolute Gasteiger partial charge is 0.557 e. The Morgan fingerprint density at radius 1 is 0.845 bits per heavy atom. The number of para-hydroxylation sites is 2. The zero-order valence-electron chi connectivity index (χ0n) is 37.4. The Balaban J connectivity index is 0.000000234. The molecule has 0 spiro atoms. The number of aromatic nitrogens is 3. The van der Waals surface area contributed by atoms with E-state index in [0.29, 0.717) is 11.1 Å². The summed E-state index contributed by atoms with van der Waals surface area (Å²) in [6.07, 6.45) is 4.85. The van der Waals surface area contributed by atoms with Crippen LogP contribution in [-0.2, 0) is 32.9 Å². The van der Waals surface area contributed by atoms with E-state index in [1.54, 1.807) is 6.07 Å². The van der Waals surface area contributed by atoms with E-state index in [4.69, 9.17) is 17.1 Å². The first-order valence-electron chi connectivity index (χ1n) is 21.0. The molecular formula is C52H55IrN3OSi-2. The molecule has 0 aliphatic heterocycles. The van der Waals surface area contributed by atoms with Gasteiger partial charge in [-0.1, -0.05) is 137 Å². The number of furan rings is 1. The molecule has 0 saturated heterocycles. The molecule has 299 valence electrons. The summed E-state index contributed by atoms with van der Waals surface area (Å²) < 4.78 is 25.1. The number of benzene rings is 5. The molecule has 0 fully saturated rings. The molecule has 0 bridgehead atoms. The Kier molecular flexibility index (Phi) is 12.1. The molecule has 3 aromatic heterocycles. The number of fused-ring (bicyclic) bond motifs is 2. The molecule has 1 radical (unpaired) electrons. The second-order valence-corrected chi connectivity index (χ2v) is 22.7. The second-order valence-electron chi connectivity index (χ2n) is 17.7. The molecule has 3 heterocycles. The Labute approximate surface area is 363 Å². The van der Waals surface area contributed by atoms with E-state index in [1.807, 2.05) is 68.4 Å². The molecule has 5 aromatic carbocycles. The van der Waals surface area contributed by atoms with Crippen LogP contribution in [0.4, 0.5) is 0 Å². The van der Waals surface area contributed by atoms with Gasteiger partial charge in [0.1, 0.15) is 0 Å². The smallest absolute Gasteiger partial charge is 0.0798 e. The predicted octanol–water partition coefficient (Wildman–Crippen LogP) is 13.4. The van der Waals surface area contributed by atoms with Gasteiger partial charge in [-0.2, -0.15) is 0 Å². The van der Waals surface area contributed by atoms with Crippen LogP contribution in [0.2, 0.25) is 19.6 Å². The van der Waals surface area contributed by atoms with E-state index in [2.05, 4.69) is 132 Å². The Morgan fingerprint density at radius 3 is 2.19 bits per heavy atom. The van der Waals surface area contributed by atoms with Crippen molar-refractivity contribution in [2.45, 2.75) is 80.9 Å². The number of aryl methyl sites for hydroxylation is 2. The average molecular weight is 960 g/mol. The topological polar surface area (TPSA) is 43.9 Å². The predicted molar refractivity (Wildman–Crippen MR) is 243 cm³/mol. The van der Waals surface area contributed by atoms with E-state index >= 15 is 0 Å². The van der Waals surface area contributed by atoms with Crippen molar-refractivity contribution in [2.24, 2.45) is 11.3 Å². The zero-order valence-corrected chi connectivity index (χ0v) is 38.8. The summed E-state index contributed by atoms with van der Waals surface area (Å²) in [6.45, 7) is 22.2. The van der Waals surface area contributed by atoms with Gasteiger partial charge >= 0.3 is 0 Å². The molecule has 0 atom stereocenters. The monoisotopic (exact) mass is 960 g/mol. The molecular weight excluding hydrogens is 903 g/mol. The second kappa shape index (κ2) is 17.5. The number of hydrogen-bond acceptors (Lipinski definition) is 3. The number of rotatable bonds is 8. The molecule has 0 aliphatic rings. The van der Waals surface area contributed by atoms with Gasteiger partial charge in [0, 0.05) is 46.6 Å². The first kappa shape index (κ1) is 39.9. The standard InChI is InChI=1S/C33H29N2O.C19H26NSi.Ir/c1-21(2)16-24-14-15-27-28(20-36-31(27)19-24)33-34-29-12-8-9-13-30(29)35(33)26-17-22(3)32(23(4)18-26)25-10-6-5-7-11-25;1-19(2,3)13-16-12-17(15-10-8-7-9-11-15)20-14-18(16)21(4,5)6;/h5-15,17-19,21H,16H2,1-4H3;7-10,12,14H,13H2,1-6H3;/q2*-1;/i16D2;;. The Morgan fingerprint density at radius 2 is 1.53 bits per heavy atom. The summed E-state index contributed by atoms with van der Waals surface area (Å²) >= 11 is 0. The van der Waals surface area contributed by atoms with Gasteiger partial charge in [0.2, 0.25) is 0 Å². The van der Waals surface area contributed by atoms with Crippen molar-refractivity contribution >= 4 is 35.3 Å². The van der Waals surface area contributed by atoms with Crippen molar-refractivity contribution in [1.82, 2.24) is 14.5 Å². The fourth-order valence-electron chi connectivity index (χ4n) is 7.74. The molecule has 58 heavy (non-hydrogen) atoms. The maximum atomic E-state index is 8.51. The maximum absolute atomic E-state index is 8.51. The van der Waals surface area contributed by atoms with Crippen molar-refractivity contribution in [3.63, 3.8) is 0 Å². The molecule has 0 saturated carbocycles. The normalized spacial score (nSPS) is 12.5. The molecule has 6 heteroatoms. The fraction of sp³-hybridized carbons (Fsp3) is 0.269. The minimum atomic E-state index is -1.45. The van der Waals surface area contributed by atoms with Gasteiger partial charge in [0.15, 0.2) is 0 Å². The number of pyridine rings is 1. The van der Waals surface area contributed by atoms with Crippen LogP contribution in [0.3, 0.4) is 0 Å². The summed E-state index contributed by atoms with van der Waals surface area (Å²) in [5.74, 6) is 0.587. The van der Waals surface area contributed by atoms with Gasteiger partial charge in [-0.15, -0.1) is 42.0 Å². The van der Waals surface area contributed by atoms with Crippen molar-refractivity contribution in [3.05, 3.63) is 156 Å². The van der Waals surface area contributed by atoms with Crippen molar-refractivity contribution in [3.8, 4) is 39.5 Å². The summed E-state index contributed by atoms with van der Waals surface area (Å²) in [6, 6.07) is 42.2. The van der Waals surface area contributed by atoms with Crippen LogP contribution < -0.4 is 5.19 Å². The molecule has 0 N–H and O–H groups in total. The van der Waals surface area contributed by atoms with Crippen LogP contribution in [0.1, 0.15) is 59.6 Å². The molecule has 8 rings (SSSR count).